The van der Waals surface area contributed by atoms with Gasteiger partial charge in [0.05, 0.1) is 6.54 Å². The molecular weight excluding hydrogens is 268 g/mol. The standard InChI is InChI=1S/C15H22N4O2/c1-10(2)12-15(21)19(9-8-18-7-3-6-16-18)13(11-4-5-11)14(20)17-12/h3,6-7,10-13H,4-5,8-9H2,1-2H3,(H,17,20). The van der Waals surface area contributed by atoms with Crippen molar-refractivity contribution in [3.05, 3.63) is 18.5 Å². The van der Waals surface area contributed by atoms with E-state index in [2.05, 4.69) is 10.4 Å². The number of amides is 2. The molecule has 6 heteroatoms. The van der Waals surface area contributed by atoms with Crippen LogP contribution >= 0.6 is 0 Å². The summed E-state index contributed by atoms with van der Waals surface area (Å²) < 4.78 is 1.80. The molecule has 21 heavy (non-hydrogen) atoms. The molecule has 0 bridgehead atoms. The highest BCUT2D eigenvalue weighted by molar-refractivity contribution is 5.97. The smallest absolute Gasteiger partial charge is 0.246 e. The lowest BCUT2D eigenvalue weighted by atomic mass is 9.96. The van der Waals surface area contributed by atoms with Crippen LogP contribution in [0.15, 0.2) is 18.5 Å². The Morgan fingerprint density at radius 3 is 2.67 bits per heavy atom. The summed E-state index contributed by atoms with van der Waals surface area (Å²) in [6.45, 7) is 5.09. The number of aromatic nitrogens is 2. The topological polar surface area (TPSA) is 67.2 Å². The molecule has 2 heterocycles. The van der Waals surface area contributed by atoms with E-state index in [1.165, 1.54) is 0 Å². The molecule has 0 aromatic carbocycles. The molecule has 3 rings (SSSR count). The van der Waals surface area contributed by atoms with Crippen LogP contribution in [0.4, 0.5) is 0 Å². The van der Waals surface area contributed by atoms with E-state index in [-0.39, 0.29) is 23.8 Å². The molecule has 1 aliphatic carbocycles. The molecular formula is C15H22N4O2. The second-order valence-corrected chi connectivity index (χ2v) is 6.31. The molecule has 6 nitrogen and oxygen atoms in total. The minimum atomic E-state index is -0.398. The van der Waals surface area contributed by atoms with Crippen LogP contribution in [0.3, 0.4) is 0 Å². The Bertz CT molecular complexity index is 522. The number of rotatable bonds is 5. The summed E-state index contributed by atoms with van der Waals surface area (Å²) in [5.74, 6) is 0.499. The maximum absolute atomic E-state index is 12.7. The Kier molecular flexibility index (Phi) is 3.69. The van der Waals surface area contributed by atoms with Gasteiger partial charge in [-0.25, -0.2) is 0 Å². The molecule has 2 unspecified atom stereocenters. The van der Waals surface area contributed by atoms with Gasteiger partial charge in [0.25, 0.3) is 0 Å². The van der Waals surface area contributed by atoms with Gasteiger partial charge in [0.1, 0.15) is 12.1 Å². The number of nitrogens with one attached hydrogen (secondary N) is 1. The molecule has 1 aromatic rings. The fourth-order valence-electron chi connectivity index (χ4n) is 2.98. The second-order valence-electron chi connectivity index (χ2n) is 6.31. The molecule has 1 aliphatic heterocycles. The summed E-state index contributed by atoms with van der Waals surface area (Å²) in [6, 6.07) is 1.17. The van der Waals surface area contributed by atoms with Crippen LogP contribution in [0.2, 0.25) is 0 Å². The minimum absolute atomic E-state index is 0.0104. The van der Waals surface area contributed by atoms with Crippen LogP contribution in [-0.2, 0) is 16.1 Å². The fraction of sp³-hybridized carbons (Fsp3) is 0.667. The van der Waals surface area contributed by atoms with Crippen molar-refractivity contribution in [3.8, 4) is 0 Å². The van der Waals surface area contributed by atoms with E-state index in [9.17, 15) is 9.59 Å². The van der Waals surface area contributed by atoms with Crippen LogP contribution in [0.25, 0.3) is 0 Å². The third-order valence-electron chi connectivity index (χ3n) is 4.32. The summed E-state index contributed by atoms with van der Waals surface area (Å²) in [6.07, 6.45) is 5.67. The molecule has 1 N–H and O–H groups in total. The van der Waals surface area contributed by atoms with Crippen LogP contribution in [0, 0.1) is 11.8 Å². The lowest BCUT2D eigenvalue weighted by Crippen LogP contribution is -2.65. The average molecular weight is 290 g/mol. The third-order valence-corrected chi connectivity index (χ3v) is 4.32. The molecule has 2 aliphatic rings. The average Bonchev–Trinajstić information content (AvgIpc) is 3.14. The zero-order valence-corrected chi connectivity index (χ0v) is 12.5. The van der Waals surface area contributed by atoms with Crippen LogP contribution in [-0.4, -0.2) is 45.1 Å². The summed E-state index contributed by atoms with van der Waals surface area (Å²) in [7, 11) is 0. The van der Waals surface area contributed by atoms with Gasteiger partial charge in [0.2, 0.25) is 11.8 Å². The highest BCUT2D eigenvalue weighted by Gasteiger charge is 2.48. The number of carbonyl (C=O) groups is 2. The SMILES string of the molecule is CC(C)C1NC(=O)C(C2CC2)N(CCn2cccn2)C1=O. The van der Waals surface area contributed by atoms with Crippen molar-refractivity contribution in [1.82, 2.24) is 20.0 Å². The Morgan fingerprint density at radius 2 is 2.10 bits per heavy atom. The summed E-state index contributed by atoms with van der Waals surface area (Å²) in [5.41, 5.74) is 0. The Balaban J connectivity index is 1.76. The first kappa shape index (κ1) is 14.1. The van der Waals surface area contributed by atoms with Crippen molar-refractivity contribution in [2.45, 2.75) is 45.3 Å². The molecule has 1 aromatic heterocycles. The molecule has 1 saturated carbocycles. The predicted octanol–water partition coefficient (Wildman–Crippen LogP) is 0.645. The lowest BCUT2D eigenvalue weighted by Gasteiger charge is -2.40. The lowest BCUT2D eigenvalue weighted by molar-refractivity contribution is -0.151. The van der Waals surface area contributed by atoms with E-state index >= 15 is 0 Å². The first-order chi connectivity index (χ1) is 10.1. The molecule has 1 saturated heterocycles. The number of hydrogen-bond acceptors (Lipinski definition) is 3. The van der Waals surface area contributed by atoms with Gasteiger partial charge in [0, 0.05) is 18.9 Å². The van der Waals surface area contributed by atoms with Gasteiger partial charge < -0.3 is 10.2 Å². The molecule has 2 fully saturated rings. The minimum Gasteiger partial charge on any atom is -0.342 e. The van der Waals surface area contributed by atoms with Gasteiger partial charge in [-0.2, -0.15) is 5.10 Å². The number of piperazine rings is 1. The van der Waals surface area contributed by atoms with E-state index in [1.807, 2.05) is 26.1 Å². The maximum Gasteiger partial charge on any atom is 0.246 e. The molecule has 2 atom stereocenters. The Morgan fingerprint density at radius 1 is 1.33 bits per heavy atom. The molecule has 0 spiro atoms. The van der Waals surface area contributed by atoms with Crippen molar-refractivity contribution >= 4 is 11.8 Å². The zero-order chi connectivity index (χ0) is 15.0. The Hall–Kier alpha value is -1.85. The first-order valence-corrected chi connectivity index (χ1v) is 7.66. The largest absolute Gasteiger partial charge is 0.342 e. The van der Waals surface area contributed by atoms with Crippen molar-refractivity contribution in [2.75, 3.05) is 6.54 Å². The van der Waals surface area contributed by atoms with Gasteiger partial charge in [-0.3, -0.25) is 14.3 Å². The van der Waals surface area contributed by atoms with Crippen molar-refractivity contribution in [3.63, 3.8) is 0 Å². The highest BCUT2D eigenvalue weighted by atomic mass is 16.2. The van der Waals surface area contributed by atoms with Crippen LogP contribution in [0.1, 0.15) is 26.7 Å². The molecule has 114 valence electrons. The van der Waals surface area contributed by atoms with Crippen LogP contribution < -0.4 is 5.32 Å². The first-order valence-electron chi connectivity index (χ1n) is 7.66. The fourth-order valence-corrected chi connectivity index (χ4v) is 2.98. The number of carbonyl (C=O) groups excluding carboxylic acids is 2. The van der Waals surface area contributed by atoms with E-state index in [4.69, 9.17) is 0 Å². The summed E-state index contributed by atoms with van der Waals surface area (Å²) >= 11 is 0. The van der Waals surface area contributed by atoms with Gasteiger partial charge in [-0.1, -0.05) is 13.8 Å². The van der Waals surface area contributed by atoms with Crippen molar-refractivity contribution in [1.29, 1.82) is 0 Å². The van der Waals surface area contributed by atoms with Gasteiger partial charge >= 0.3 is 0 Å². The van der Waals surface area contributed by atoms with Gasteiger partial charge in [-0.15, -0.1) is 0 Å². The normalized spacial score (nSPS) is 26.3. The predicted molar refractivity (Wildman–Crippen MR) is 77.2 cm³/mol. The van der Waals surface area contributed by atoms with Crippen LogP contribution in [0.5, 0.6) is 0 Å². The van der Waals surface area contributed by atoms with Gasteiger partial charge in [-0.05, 0) is 30.7 Å². The quantitative estimate of drug-likeness (QED) is 0.865. The van der Waals surface area contributed by atoms with E-state index in [0.29, 0.717) is 19.0 Å². The Labute approximate surface area is 124 Å². The third kappa shape index (κ3) is 2.80. The molecule has 0 radical (unpaired) electrons. The van der Waals surface area contributed by atoms with E-state index < -0.39 is 6.04 Å². The monoisotopic (exact) mass is 290 g/mol. The van der Waals surface area contributed by atoms with E-state index in [0.717, 1.165) is 12.8 Å². The molecule has 2 amide bonds. The van der Waals surface area contributed by atoms with E-state index in [1.54, 1.807) is 15.8 Å². The summed E-state index contributed by atoms with van der Waals surface area (Å²) in [5, 5.41) is 7.07. The second kappa shape index (κ2) is 5.50. The van der Waals surface area contributed by atoms with Gasteiger partial charge in [0.15, 0.2) is 0 Å². The zero-order valence-electron chi connectivity index (χ0n) is 12.5. The maximum atomic E-state index is 12.7. The van der Waals surface area contributed by atoms with Crippen molar-refractivity contribution < 1.29 is 9.59 Å². The summed E-state index contributed by atoms with van der Waals surface area (Å²) in [4.78, 5) is 26.9. The highest BCUT2D eigenvalue weighted by Crippen LogP contribution is 2.37. The number of nitrogens with zero attached hydrogens (tertiary/aromatic N) is 3. The van der Waals surface area contributed by atoms with Crippen molar-refractivity contribution in [2.24, 2.45) is 11.8 Å². The number of hydrogen-bond donors (Lipinski definition) is 1.